The zero-order valence-corrected chi connectivity index (χ0v) is 8.61. The second kappa shape index (κ2) is 7.00. The minimum atomic E-state index is 0.806. The predicted octanol–water partition coefficient (Wildman–Crippen LogP) is 2.52. The maximum Gasteiger partial charge on any atom is 0.0314 e. The summed E-state index contributed by atoms with van der Waals surface area (Å²) in [6.45, 7) is 4.00. The van der Waals surface area contributed by atoms with Crippen molar-refractivity contribution >= 4 is 17.6 Å². The summed E-state index contributed by atoms with van der Waals surface area (Å²) in [6, 6.07) is 7.74. The molecule has 3 heteroatoms. The topological polar surface area (TPSA) is 38.0 Å². The van der Waals surface area contributed by atoms with Crippen LogP contribution >= 0.6 is 11.9 Å². The Morgan fingerprint density at radius 3 is 2.08 bits per heavy atom. The second-order valence-corrected chi connectivity index (χ2v) is 2.96. The van der Waals surface area contributed by atoms with Crippen molar-refractivity contribution < 1.29 is 0 Å². The van der Waals surface area contributed by atoms with Crippen LogP contribution in [0.5, 0.6) is 0 Å². The Kier molecular flexibility index (Phi) is 6.61. The van der Waals surface area contributed by atoms with Crippen LogP contribution in [0.25, 0.3) is 0 Å². The number of benzene rings is 1. The van der Waals surface area contributed by atoms with E-state index >= 15 is 0 Å². The molecule has 0 amide bonds. The SMILES string of the molecule is CC.CNSc1ccc(N)cc1. The highest BCUT2D eigenvalue weighted by Gasteiger charge is 1.88. The van der Waals surface area contributed by atoms with Gasteiger partial charge in [-0.25, -0.2) is 0 Å². The third-order valence-electron chi connectivity index (χ3n) is 1.10. The lowest BCUT2D eigenvalue weighted by Gasteiger charge is -1.97. The highest BCUT2D eigenvalue weighted by atomic mass is 32.2. The van der Waals surface area contributed by atoms with Crippen molar-refractivity contribution in [3.05, 3.63) is 24.3 Å². The smallest absolute Gasteiger partial charge is 0.0314 e. The fourth-order valence-corrected chi connectivity index (χ4v) is 1.16. The van der Waals surface area contributed by atoms with Gasteiger partial charge in [-0.05, 0) is 43.3 Å². The first kappa shape index (κ1) is 11.3. The quantitative estimate of drug-likeness (QED) is 0.548. The van der Waals surface area contributed by atoms with Crippen molar-refractivity contribution in [3.63, 3.8) is 0 Å². The van der Waals surface area contributed by atoms with Crippen LogP contribution in [0.4, 0.5) is 5.69 Å². The Morgan fingerprint density at radius 1 is 1.17 bits per heavy atom. The molecule has 1 aromatic rings. The van der Waals surface area contributed by atoms with Crippen LogP contribution in [0.15, 0.2) is 29.2 Å². The number of hydrogen-bond donors (Lipinski definition) is 2. The van der Waals surface area contributed by atoms with E-state index in [0.29, 0.717) is 0 Å². The van der Waals surface area contributed by atoms with Crippen LogP contribution in [-0.2, 0) is 0 Å². The number of nitrogens with two attached hydrogens (primary N) is 1. The maximum absolute atomic E-state index is 5.49. The predicted molar refractivity (Wildman–Crippen MR) is 57.1 cm³/mol. The molecule has 68 valence electrons. The Bertz CT molecular complexity index is 196. The summed E-state index contributed by atoms with van der Waals surface area (Å²) in [5.74, 6) is 0. The standard InChI is InChI=1S/C7H10N2S.C2H6/c1-9-10-7-4-2-6(8)3-5-7;1-2/h2-5,9H,8H2,1H3;1-2H3. The molecule has 1 aromatic carbocycles. The summed E-state index contributed by atoms with van der Waals surface area (Å²) in [5.41, 5.74) is 6.30. The molecular formula is C9H16N2S. The molecule has 2 nitrogen and oxygen atoms in total. The molecule has 0 atom stereocenters. The zero-order valence-electron chi connectivity index (χ0n) is 7.79. The molecule has 0 fully saturated rings. The molecule has 1 rings (SSSR count). The van der Waals surface area contributed by atoms with Gasteiger partial charge in [0.15, 0.2) is 0 Å². The monoisotopic (exact) mass is 184 g/mol. The normalized spacial score (nSPS) is 8.58. The van der Waals surface area contributed by atoms with Gasteiger partial charge >= 0.3 is 0 Å². The molecule has 0 radical (unpaired) electrons. The summed E-state index contributed by atoms with van der Waals surface area (Å²) in [5, 5.41) is 0. The van der Waals surface area contributed by atoms with Gasteiger partial charge in [0, 0.05) is 10.6 Å². The maximum atomic E-state index is 5.49. The summed E-state index contributed by atoms with van der Waals surface area (Å²) < 4.78 is 2.98. The van der Waals surface area contributed by atoms with Crippen LogP contribution < -0.4 is 10.5 Å². The number of anilines is 1. The number of nitrogen functional groups attached to an aromatic ring is 1. The highest BCUT2D eigenvalue weighted by molar-refractivity contribution is 7.97. The van der Waals surface area contributed by atoms with Crippen LogP contribution in [0, 0.1) is 0 Å². The van der Waals surface area contributed by atoms with E-state index in [2.05, 4.69) is 4.72 Å². The first-order valence-corrected chi connectivity index (χ1v) is 4.83. The first-order chi connectivity index (χ1) is 5.83. The molecule has 0 saturated carbocycles. The van der Waals surface area contributed by atoms with Crippen LogP contribution in [0.2, 0.25) is 0 Å². The summed E-state index contributed by atoms with van der Waals surface area (Å²) in [4.78, 5) is 1.18. The Hall–Kier alpha value is -0.670. The summed E-state index contributed by atoms with van der Waals surface area (Å²) >= 11 is 1.58. The van der Waals surface area contributed by atoms with Crippen molar-refractivity contribution in [1.29, 1.82) is 0 Å². The Balaban J connectivity index is 0.000000561. The number of hydrogen-bond acceptors (Lipinski definition) is 3. The lowest BCUT2D eigenvalue weighted by Crippen LogP contribution is -1.90. The number of nitrogens with one attached hydrogen (secondary N) is 1. The van der Waals surface area contributed by atoms with E-state index in [-0.39, 0.29) is 0 Å². The Labute approximate surface area is 78.7 Å². The highest BCUT2D eigenvalue weighted by Crippen LogP contribution is 2.14. The van der Waals surface area contributed by atoms with Gasteiger partial charge in [0.05, 0.1) is 0 Å². The van der Waals surface area contributed by atoms with Gasteiger partial charge in [0.25, 0.3) is 0 Å². The molecule has 0 heterocycles. The van der Waals surface area contributed by atoms with Crippen molar-refractivity contribution in [2.45, 2.75) is 18.7 Å². The lowest BCUT2D eigenvalue weighted by atomic mass is 10.3. The van der Waals surface area contributed by atoms with Gasteiger partial charge in [-0.3, -0.25) is 4.72 Å². The lowest BCUT2D eigenvalue weighted by molar-refractivity contribution is 1.28. The molecule has 0 unspecified atom stereocenters. The van der Waals surface area contributed by atoms with E-state index in [9.17, 15) is 0 Å². The third kappa shape index (κ3) is 4.26. The van der Waals surface area contributed by atoms with E-state index in [1.54, 1.807) is 11.9 Å². The van der Waals surface area contributed by atoms with Gasteiger partial charge in [0.1, 0.15) is 0 Å². The second-order valence-electron chi connectivity index (χ2n) is 1.88. The average molecular weight is 184 g/mol. The van der Waals surface area contributed by atoms with E-state index in [0.717, 1.165) is 5.69 Å². The molecule has 0 aliphatic heterocycles. The van der Waals surface area contributed by atoms with E-state index in [4.69, 9.17) is 5.73 Å². The van der Waals surface area contributed by atoms with E-state index in [1.165, 1.54) is 4.90 Å². The van der Waals surface area contributed by atoms with Crippen molar-refractivity contribution in [2.75, 3.05) is 12.8 Å². The largest absolute Gasteiger partial charge is 0.399 e. The fraction of sp³-hybridized carbons (Fsp3) is 0.333. The minimum absolute atomic E-state index is 0.806. The molecular weight excluding hydrogens is 168 g/mol. The zero-order chi connectivity index (χ0) is 9.40. The van der Waals surface area contributed by atoms with Gasteiger partial charge in [0.2, 0.25) is 0 Å². The molecule has 0 bridgehead atoms. The average Bonchev–Trinajstić information content (AvgIpc) is 2.13. The molecule has 3 N–H and O–H groups in total. The van der Waals surface area contributed by atoms with Gasteiger partial charge < -0.3 is 5.73 Å². The molecule has 0 aromatic heterocycles. The van der Waals surface area contributed by atoms with Crippen LogP contribution in [0.3, 0.4) is 0 Å². The third-order valence-corrected chi connectivity index (χ3v) is 1.81. The minimum Gasteiger partial charge on any atom is -0.399 e. The molecule has 0 spiro atoms. The summed E-state index contributed by atoms with van der Waals surface area (Å²) in [7, 11) is 1.89. The van der Waals surface area contributed by atoms with Crippen molar-refractivity contribution in [3.8, 4) is 0 Å². The molecule has 0 aliphatic carbocycles. The van der Waals surface area contributed by atoms with Crippen LogP contribution in [0.1, 0.15) is 13.8 Å². The van der Waals surface area contributed by atoms with Gasteiger partial charge in [-0.1, -0.05) is 13.8 Å². The molecule has 0 aliphatic rings. The first-order valence-electron chi connectivity index (χ1n) is 4.02. The Morgan fingerprint density at radius 2 is 1.67 bits per heavy atom. The van der Waals surface area contributed by atoms with Crippen LogP contribution in [-0.4, -0.2) is 7.05 Å². The fourth-order valence-electron chi connectivity index (χ4n) is 0.654. The molecule has 12 heavy (non-hydrogen) atoms. The number of rotatable bonds is 2. The van der Waals surface area contributed by atoms with E-state index < -0.39 is 0 Å². The van der Waals surface area contributed by atoms with Gasteiger partial charge in [-0.15, -0.1) is 0 Å². The van der Waals surface area contributed by atoms with E-state index in [1.807, 2.05) is 45.2 Å². The van der Waals surface area contributed by atoms with Crippen molar-refractivity contribution in [1.82, 2.24) is 4.72 Å². The van der Waals surface area contributed by atoms with Crippen molar-refractivity contribution in [2.24, 2.45) is 0 Å². The van der Waals surface area contributed by atoms with Gasteiger partial charge in [-0.2, -0.15) is 0 Å². The molecule has 0 saturated heterocycles. The summed E-state index contributed by atoms with van der Waals surface area (Å²) in [6.07, 6.45) is 0.